The summed E-state index contributed by atoms with van der Waals surface area (Å²) in [7, 11) is 0. The number of piperazine rings is 1. The summed E-state index contributed by atoms with van der Waals surface area (Å²) >= 11 is 0. The molecular weight excluding hydrogens is 516 g/mol. The number of hydrogen-bond donors (Lipinski definition) is 2. The number of rotatable bonds is 12. The highest BCUT2D eigenvalue weighted by molar-refractivity contribution is 5.91. The third kappa shape index (κ3) is 10.7. The topological polar surface area (TPSA) is 82.5 Å². The largest absolute Gasteiger partial charge is 0.508 e. The summed E-state index contributed by atoms with van der Waals surface area (Å²) in [6, 6.07) is 18.4. The summed E-state index contributed by atoms with van der Waals surface area (Å²) in [5.41, 5.74) is 4.06. The van der Waals surface area contributed by atoms with Crippen molar-refractivity contribution in [1.29, 1.82) is 0 Å². The highest BCUT2D eigenvalue weighted by Crippen LogP contribution is 2.33. The van der Waals surface area contributed by atoms with Gasteiger partial charge in [0.1, 0.15) is 23.7 Å². The number of ether oxygens (including phenoxy) is 2. The molecule has 0 saturated carbocycles. The molecule has 1 saturated heterocycles. The van der Waals surface area contributed by atoms with Crippen molar-refractivity contribution in [3.8, 4) is 5.75 Å². The maximum absolute atomic E-state index is 12.3. The van der Waals surface area contributed by atoms with E-state index in [1.165, 1.54) is 5.57 Å². The highest BCUT2D eigenvalue weighted by atomic mass is 16.6. The smallest absolute Gasteiger partial charge is 0.410 e. The molecule has 1 aliphatic heterocycles. The van der Waals surface area contributed by atoms with Crippen LogP contribution in [0.4, 0.5) is 4.79 Å². The quantitative estimate of drug-likeness (QED) is 0.170. The van der Waals surface area contributed by atoms with E-state index in [0.717, 1.165) is 48.5 Å². The minimum Gasteiger partial charge on any atom is -0.508 e. The van der Waals surface area contributed by atoms with E-state index in [9.17, 15) is 15.0 Å². The predicted molar refractivity (Wildman–Crippen MR) is 166 cm³/mol. The van der Waals surface area contributed by atoms with Crippen LogP contribution in [0.25, 0.3) is 11.1 Å². The van der Waals surface area contributed by atoms with Crippen LogP contribution in [0.5, 0.6) is 5.75 Å². The van der Waals surface area contributed by atoms with Gasteiger partial charge in [-0.1, -0.05) is 48.5 Å². The van der Waals surface area contributed by atoms with E-state index < -0.39 is 5.60 Å². The number of amides is 1. The van der Waals surface area contributed by atoms with Gasteiger partial charge in [-0.2, -0.15) is 0 Å². The number of nitrogens with zero attached hydrogens (tertiary/aromatic N) is 2. The van der Waals surface area contributed by atoms with Gasteiger partial charge in [0.15, 0.2) is 0 Å². The van der Waals surface area contributed by atoms with Gasteiger partial charge in [-0.3, -0.25) is 4.90 Å². The van der Waals surface area contributed by atoms with Crippen molar-refractivity contribution >= 4 is 17.2 Å². The molecular formula is C34H46N2O5. The lowest BCUT2D eigenvalue weighted by molar-refractivity contribution is 0.0137. The molecule has 0 aromatic heterocycles. The van der Waals surface area contributed by atoms with Crippen LogP contribution in [0.15, 0.2) is 78.6 Å². The lowest BCUT2D eigenvalue weighted by atomic mass is 9.89. The first-order chi connectivity index (χ1) is 19.7. The molecule has 1 heterocycles. The molecule has 0 unspecified atom stereocenters. The summed E-state index contributed by atoms with van der Waals surface area (Å²) in [6.45, 7) is 11.8. The maximum atomic E-state index is 12.3. The zero-order chi connectivity index (χ0) is 29.7. The molecule has 7 heteroatoms. The molecule has 2 aromatic carbocycles. The molecule has 0 radical (unpaired) electrons. The van der Waals surface area contributed by atoms with E-state index in [1.54, 1.807) is 24.0 Å². The molecule has 2 aromatic rings. The number of hydrogen-bond acceptors (Lipinski definition) is 6. The van der Waals surface area contributed by atoms with E-state index >= 15 is 0 Å². The average Bonchev–Trinajstić information content (AvgIpc) is 2.96. The zero-order valence-electron chi connectivity index (χ0n) is 25.0. The summed E-state index contributed by atoms with van der Waals surface area (Å²) in [5.74, 6) is 1.04. The second kappa shape index (κ2) is 16.0. The van der Waals surface area contributed by atoms with E-state index in [-0.39, 0.29) is 18.5 Å². The van der Waals surface area contributed by atoms with Crippen molar-refractivity contribution in [2.24, 2.45) is 0 Å². The Balaban J connectivity index is 1.65. The molecule has 0 bridgehead atoms. The standard InChI is InChI=1S/C34H46N2O5/c1-5-29(38)13-9-14-31(32(15-10-25-37)27-11-7-6-8-12-27)28-16-18-30(19-17-28)40-26-24-35-20-22-36(23-21-35)33(39)41-34(2,3)4/h5-9,11-13,16-19,37-38H,10,14-15,20-26H2,1-4H3/b13-9-,29-5+,32-31-. The minimum absolute atomic E-state index is 0.127. The second-order valence-electron chi connectivity index (χ2n) is 11.2. The van der Waals surface area contributed by atoms with Gasteiger partial charge < -0.3 is 24.6 Å². The monoisotopic (exact) mass is 562 g/mol. The molecule has 0 spiro atoms. The molecule has 1 fully saturated rings. The predicted octanol–water partition coefficient (Wildman–Crippen LogP) is 6.71. The van der Waals surface area contributed by atoms with Crippen LogP contribution in [0, 0.1) is 0 Å². The molecule has 3 rings (SSSR count). The lowest BCUT2D eigenvalue weighted by Gasteiger charge is -2.35. The number of aliphatic hydroxyl groups is 2. The fraction of sp³-hybridized carbons (Fsp3) is 0.441. The maximum Gasteiger partial charge on any atom is 0.410 e. The Hall–Kier alpha value is -3.55. The van der Waals surface area contributed by atoms with Crippen LogP contribution in [0.3, 0.4) is 0 Å². The Morgan fingerprint density at radius 3 is 2.22 bits per heavy atom. The first-order valence-electron chi connectivity index (χ1n) is 14.5. The van der Waals surface area contributed by atoms with E-state index in [1.807, 2.05) is 57.2 Å². The number of allylic oxidation sites excluding steroid dienone is 5. The summed E-state index contributed by atoms with van der Waals surface area (Å²) in [4.78, 5) is 16.4. The van der Waals surface area contributed by atoms with E-state index in [4.69, 9.17) is 9.47 Å². The molecule has 1 aliphatic rings. The van der Waals surface area contributed by atoms with Crippen molar-refractivity contribution < 1.29 is 24.5 Å². The number of carbonyl (C=O) groups excluding carboxylic acids is 1. The Bertz CT molecular complexity index is 1170. The van der Waals surface area contributed by atoms with Crippen LogP contribution in [0.1, 0.15) is 58.1 Å². The number of aliphatic hydroxyl groups excluding tert-OH is 2. The SMILES string of the molecule is C/C=C(O)\C=C/C/C(=C(\CCCO)c1ccccc1)c1ccc(OCCN2CCN(C(=O)OC(C)(C)C)CC2)cc1. The number of benzene rings is 2. The van der Waals surface area contributed by atoms with Crippen LogP contribution in [-0.2, 0) is 4.74 Å². The number of carbonyl (C=O) groups is 1. The van der Waals surface area contributed by atoms with Gasteiger partial charge in [0.25, 0.3) is 0 Å². The van der Waals surface area contributed by atoms with Crippen molar-refractivity contribution in [2.75, 3.05) is 45.9 Å². The van der Waals surface area contributed by atoms with Crippen molar-refractivity contribution in [1.82, 2.24) is 9.80 Å². The Kier molecular flexibility index (Phi) is 12.5. The zero-order valence-corrected chi connectivity index (χ0v) is 25.0. The van der Waals surface area contributed by atoms with Gasteiger partial charge in [-0.05, 0) is 93.5 Å². The first-order valence-corrected chi connectivity index (χ1v) is 14.5. The van der Waals surface area contributed by atoms with Gasteiger partial charge >= 0.3 is 6.09 Å². The highest BCUT2D eigenvalue weighted by Gasteiger charge is 2.25. The molecule has 0 aliphatic carbocycles. The van der Waals surface area contributed by atoms with Crippen LogP contribution in [0.2, 0.25) is 0 Å². The molecule has 41 heavy (non-hydrogen) atoms. The van der Waals surface area contributed by atoms with Gasteiger partial charge in [0, 0.05) is 39.3 Å². The van der Waals surface area contributed by atoms with Crippen LogP contribution < -0.4 is 4.74 Å². The third-order valence-corrected chi connectivity index (χ3v) is 6.88. The molecule has 222 valence electrons. The van der Waals surface area contributed by atoms with Crippen LogP contribution >= 0.6 is 0 Å². The van der Waals surface area contributed by atoms with Gasteiger partial charge in [0.05, 0.1) is 0 Å². The van der Waals surface area contributed by atoms with E-state index in [2.05, 4.69) is 29.2 Å². The van der Waals surface area contributed by atoms with E-state index in [0.29, 0.717) is 32.5 Å². The molecule has 7 nitrogen and oxygen atoms in total. The molecule has 2 N–H and O–H groups in total. The Morgan fingerprint density at radius 2 is 1.61 bits per heavy atom. The normalized spacial score (nSPS) is 15.6. The fourth-order valence-electron chi connectivity index (χ4n) is 4.70. The van der Waals surface area contributed by atoms with Crippen LogP contribution in [-0.4, -0.2) is 77.6 Å². The summed E-state index contributed by atoms with van der Waals surface area (Å²) in [6.07, 6.45) is 7.17. The third-order valence-electron chi connectivity index (χ3n) is 6.88. The van der Waals surface area contributed by atoms with Crippen molar-refractivity contribution in [3.63, 3.8) is 0 Å². The fourth-order valence-corrected chi connectivity index (χ4v) is 4.70. The Labute approximate surface area is 245 Å². The molecule has 1 amide bonds. The summed E-state index contributed by atoms with van der Waals surface area (Å²) in [5, 5.41) is 19.5. The van der Waals surface area contributed by atoms with Crippen molar-refractivity contribution in [3.05, 3.63) is 89.7 Å². The first kappa shape index (κ1) is 32.0. The average molecular weight is 563 g/mol. The van der Waals surface area contributed by atoms with Gasteiger partial charge in [-0.25, -0.2) is 4.79 Å². The van der Waals surface area contributed by atoms with Gasteiger partial charge in [-0.15, -0.1) is 0 Å². The Morgan fingerprint density at radius 1 is 0.951 bits per heavy atom. The van der Waals surface area contributed by atoms with Crippen molar-refractivity contribution in [2.45, 2.75) is 52.6 Å². The van der Waals surface area contributed by atoms with Gasteiger partial charge in [0.2, 0.25) is 0 Å². The molecule has 0 atom stereocenters. The second-order valence-corrected chi connectivity index (χ2v) is 11.2. The lowest BCUT2D eigenvalue weighted by Crippen LogP contribution is -2.50. The minimum atomic E-state index is -0.483. The summed E-state index contributed by atoms with van der Waals surface area (Å²) < 4.78 is 11.6.